The van der Waals surface area contributed by atoms with E-state index < -0.39 is 0 Å². The predicted octanol–water partition coefficient (Wildman–Crippen LogP) is 1.88. The summed E-state index contributed by atoms with van der Waals surface area (Å²) in [5, 5.41) is 0. The van der Waals surface area contributed by atoms with Gasteiger partial charge in [0.25, 0.3) is 0 Å². The van der Waals surface area contributed by atoms with Gasteiger partial charge in [-0.15, -0.1) is 0 Å². The minimum atomic E-state index is 0.235. The fraction of sp³-hybridized carbons (Fsp3) is 1.00. The second kappa shape index (κ2) is 8.90. The van der Waals surface area contributed by atoms with E-state index in [0.29, 0.717) is 13.2 Å². The van der Waals surface area contributed by atoms with E-state index in [2.05, 4.69) is 18.9 Å². The molecule has 1 saturated carbocycles. The molecule has 0 aromatic heterocycles. The molecule has 2 N–H and O–H groups in total. The first kappa shape index (κ1) is 16.9. The highest BCUT2D eigenvalue weighted by Gasteiger charge is 2.36. The van der Waals surface area contributed by atoms with Gasteiger partial charge in [-0.3, -0.25) is 4.90 Å². The summed E-state index contributed by atoms with van der Waals surface area (Å²) in [5.74, 6) is 0.866. The Labute approximate surface area is 118 Å². The zero-order chi connectivity index (χ0) is 14.1. The molecule has 0 bridgehead atoms. The van der Waals surface area contributed by atoms with Crippen molar-refractivity contribution in [3.63, 3.8) is 0 Å². The number of nitrogens with two attached hydrogens (primary N) is 1. The summed E-state index contributed by atoms with van der Waals surface area (Å²) in [4.78, 5) is 2.47. The third-order valence-electron chi connectivity index (χ3n) is 4.61. The number of rotatable bonds is 9. The Kier molecular flexibility index (Phi) is 7.91. The van der Waals surface area contributed by atoms with Crippen LogP contribution in [0.3, 0.4) is 0 Å². The van der Waals surface area contributed by atoms with Gasteiger partial charge in [0.2, 0.25) is 0 Å². The average Bonchev–Trinajstić information content (AvgIpc) is 2.43. The second-order valence-electron chi connectivity index (χ2n) is 5.99. The molecule has 4 heteroatoms. The molecule has 0 atom stereocenters. The van der Waals surface area contributed by atoms with Crippen molar-refractivity contribution in [2.45, 2.75) is 44.6 Å². The maximum Gasteiger partial charge on any atom is 0.0700 e. The lowest BCUT2D eigenvalue weighted by atomic mass is 9.76. The van der Waals surface area contributed by atoms with Crippen LogP contribution in [-0.2, 0) is 9.47 Å². The molecule has 114 valence electrons. The Bertz CT molecular complexity index is 228. The minimum Gasteiger partial charge on any atom is -0.382 e. The molecule has 4 nitrogen and oxygen atoms in total. The highest BCUT2D eigenvalue weighted by atomic mass is 16.5. The Balaban J connectivity index is 2.24. The maximum absolute atomic E-state index is 6.07. The quantitative estimate of drug-likeness (QED) is 0.651. The number of ether oxygens (including phenoxy) is 2. The lowest BCUT2D eigenvalue weighted by Crippen LogP contribution is -2.54. The van der Waals surface area contributed by atoms with E-state index >= 15 is 0 Å². The van der Waals surface area contributed by atoms with Gasteiger partial charge in [-0.2, -0.15) is 0 Å². The fourth-order valence-electron chi connectivity index (χ4n) is 2.93. The number of hydrogen-bond acceptors (Lipinski definition) is 4. The van der Waals surface area contributed by atoms with Crippen LogP contribution in [0.25, 0.3) is 0 Å². The maximum atomic E-state index is 6.07. The van der Waals surface area contributed by atoms with Crippen LogP contribution in [-0.4, -0.2) is 57.5 Å². The molecular formula is C15H32N2O2. The number of likely N-dealkylation sites (N-methyl/N-ethyl adjacent to an activating group) is 1. The normalized spacial score (nSPS) is 27.9. The van der Waals surface area contributed by atoms with Gasteiger partial charge in [0.15, 0.2) is 0 Å². The van der Waals surface area contributed by atoms with Crippen molar-refractivity contribution < 1.29 is 9.47 Å². The standard InChI is InChI=1S/C15H32N2O2/c1-14-5-7-15(13-16,8-6-14)17(2)9-4-10-19-12-11-18-3/h14H,4-13,16H2,1-3H3. The number of hydrogen-bond donors (Lipinski definition) is 1. The molecule has 19 heavy (non-hydrogen) atoms. The van der Waals surface area contributed by atoms with Crippen LogP contribution < -0.4 is 5.73 Å². The molecule has 0 heterocycles. The zero-order valence-electron chi connectivity index (χ0n) is 13.0. The summed E-state index contributed by atoms with van der Waals surface area (Å²) in [6.45, 7) is 6.38. The fourth-order valence-corrected chi connectivity index (χ4v) is 2.93. The van der Waals surface area contributed by atoms with Crippen LogP contribution >= 0.6 is 0 Å². The number of methoxy groups -OCH3 is 1. The third-order valence-corrected chi connectivity index (χ3v) is 4.61. The summed E-state index contributed by atoms with van der Waals surface area (Å²) in [6, 6.07) is 0. The topological polar surface area (TPSA) is 47.7 Å². The second-order valence-corrected chi connectivity index (χ2v) is 5.99. The minimum absolute atomic E-state index is 0.235. The third kappa shape index (κ3) is 5.38. The van der Waals surface area contributed by atoms with Gasteiger partial charge in [0.1, 0.15) is 0 Å². The summed E-state index contributed by atoms with van der Waals surface area (Å²) < 4.78 is 10.5. The van der Waals surface area contributed by atoms with E-state index in [-0.39, 0.29) is 5.54 Å². The molecule has 0 spiro atoms. The molecule has 0 amide bonds. The lowest BCUT2D eigenvalue weighted by molar-refractivity contribution is 0.0422. The molecule has 1 aliphatic rings. The van der Waals surface area contributed by atoms with E-state index in [9.17, 15) is 0 Å². The van der Waals surface area contributed by atoms with Gasteiger partial charge in [-0.25, -0.2) is 0 Å². The van der Waals surface area contributed by atoms with Crippen molar-refractivity contribution in [1.82, 2.24) is 4.90 Å². The van der Waals surface area contributed by atoms with Crippen LogP contribution in [0.4, 0.5) is 0 Å². The molecule has 0 aromatic carbocycles. The summed E-state index contributed by atoms with van der Waals surface area (Å²) in [5.41, 5.74) is 6.30. The van der Waals surface area contributed by atoms with Crippen molar-refractivity contribution in [3.8, 4) is 0 Å². The van der Waals surface area contributed by atoms with Crippen LogP contribution in [0.2, 0.25) is 0 Å². The van der Waals surface area contributed by atoms with Crippen LogP contribution in [0.1, 0.15) is 39.0 Å². The van der Waals surface area contributed by atoms with Crippen LogP contribution in [0.5, 0.6) is 0 Å². The van der Waals surface area contributed by atoms with E-state index in [1.165, 1.54) is 25.7 Å². The highest BCUT2D eigenvalue weighted by molar-refractivity contribution is 4.94. The lowest BCUT2D eigenvalue weighted by Gasteiger charge is -2.45. The van der Waals surface area contributed by atoms with E-state index in [0.717, 1.165) is 32.0 Å². The van der Waals surface area contributed by atoms with Gasteiger partial charge in [-0.1, -0.05) is 6.92 Å². The molecule has 0 aromatic rings. The molecule has 1 fully saturated rings. The smallest absolute Gasteiger partial charge is 0.0700 e. The first-order chi connectivity index (χ1) is 9.14. The molecule has 0 radical (unpaired) electrons. The van der Waals surface area contributed by atoms with Gasteiger partial charge in [-0.05, 0) is 45.1 Å². The van der Waals surface area contributed by atoms with E-state index in [1.807, 2.05) is 0 Å². The predicted molar refractivity (Wildman–Crippen MR) is 79.4 cm³/mol. The average molecular weight is 272 g/mol. The van der Waals surface area contributed by atoms with Crippen molar-refractivity contribution in [2.75, 3.05) is 47.1 Å². The molecule has 0 saturated heterocycles. The summed E-state index contributed by atoms with van der Waals surface area (Å²) >= 11 is 0. The molecule has 0 unspecified atom stereocenters. The van der Waals surface area contributed by atoms with Crippen molar-refractivity contribution in [2.24, 2.45) is 11.7 Å². The molecular weight excluding hydrogens is 240 g/mol. The van der Waals surface area contributed by atoms with Crippen molar-refractivity contribution in [1.29, 1.82) is 0 Å². The van der Waals surface area contributed by atoms with E-state index in [4.69, 9.17) is 15.2 Å². The monoisotopic (exact) mass is 272 g/mol. The first-order valence-electron chi connectivity index (χ1n) is 7.62. The van der Waals surface area contributed by atoms with Crippen LogP contribution in [0, 0.1) is 5.92 Å². The largest absolute Gasteiger partial charge is 0.382 e. The summed E-state index contributed by atoms with van der Waals surface area (Å²) in [6.07, 6.45) is 6.17. The Morgan fingerprint density at radius 1 is 1.21 bits per heavy atom. The molecule has 0 aliphatic heterocycles. The number of nitrogens with zero attached hydrogens (tertiary/aromatic N) is 1. The Morgan fingerprint density at radius 3 is 2.47 bits per heavy atom. The van der Waals surface area contributed by atoms with Gasteiger partial charge in [0.05, 0.1) is 13.2 Å². The molecule has 1 rings (SSSR count). The molecule has 1 aliphatic carbocycles. The first-order valence-corrected chi connectivity index (χ1v) is 7.62. The SMILES string of the molecule is COCCOCCCN(C)C1(CN)CCC(C)CC1. The van der Waals surface area contributed by atoms with Gasteiger partial charge < -0.3 is 15.2 Å². The highest BCUT2D eigenvalue weighted by Crippen LogP contribution is 2.35. The van der Waals surface area contributed by atoms with Crippen molar-refractivity contribution in [3.05, 3.63) is 0 Å². The van der Waals surface area contributed by atoms with Gasteiger partial charge >= 0.3 is 0 Å². The zero-order valence-corrected chi connectivity index (χ0v) is 13.0. The Hall–Kier alpha value is -0.160. The van der Waals surface area contributed by atoms with Crippen molar-refractivity contribution >= 4 is 0 Å². The van der Waals surface area contributed by atoms with E-state index in [1.54, 1.807) is 7.11 Å². The Morgan fingerprint density at radius 2 is 1.89 bits per heavy atom. The van der Waals surface area contributed by atoms with Gasteiger partial charge in [0, 0.05) is 32.3 Å². The van der Waals surface area contributed by atoms with Crippen LogP contribution in [0.15, 0.2) is 0 Å². The summed E-state index contributed by atoms with van der Waals surface area (Å²) in [7, 11) is 3.92.